The normalized spacial score (nSPS) is 12.1. The van der Waals surface area contributed by atoms with Gasteiger partial charge in [0.05, 0.1) is 18.5 Å². The fourth-order valence-corrected chi connectivity index (χ4v) is 3.69. The third-order valence-corrected chi connectivity index (χ3v) is 5.43. The molecule has 0 unspecified atom stereocenters. The number of benzene rings is 2. The first-order valence-corrected chi connectivity index (χ1v) is 10.6. The summed E-state index contributed by atoms with van der Waals surface area (Å²) in [5, 5.41) is 7.48. The quantitative estimate of drug-likeness (QED) is 0.402. The van der Waals surface area contributed by atoms with Gasteiger partial charge in [-0.05, 0) is 24.6 Å². The second-order valence-corrected chi connectivity index (χ2v) is 7.74. The van der Waals surface area contributed by atoms with E-state index in [2.05, 4.69) is 15.4 Å². The standard InChI is InChI=1S/C25H24F2N4O3/c1-15(16-9-11-18(33-3)12-10-16)28-20(32)14-34-21-13-19(24(26)27)22-23(17-7-5-4-6-8-17)30-31(2)25(22)29-21/h4-13,15,24H,14H2,1-3H3,(H,28,32)/t15-/m0/s1. The molecule has 9 heteroatoms. The fourth-order valence-electron chi connectivity index (χ4n) is 3.69. The zero-order chi connectivity index (χ0) is 24.2. The zero-order valence-electron chi connectivity index (χ0n) is 19.0. The Morgan fingerprint density at radius 3 is 2.47 bits per heavy atom. The smallest absolute Gasteiger partial charge is 0.264 e. The molecule has 1 N–H and O–H groups in total. The van der Waals surface area contributed by atoms with Crippen molar-refractivity contribution in [2.75, 3.05) is 13.7 Å². The van der Waals surface area contributed by atoms with Gasteiger partial charge in [0.2, 0.25) is 5.88 Å². The highest BCUT2D eigenvalue weighted by atomic mass is 19.3. The molecule has 0 bridgehead atoms. The summed E-state index contributed by atoms with van der Waals surface area (Å²) in [5.74, 6) is 0.240. The minimum absolute atomic E-state index is 0.0716. The van der Waals surface area contributed by atoms with Gasteiger partial charge in [-0.2, -0.15) is 10.1 Å². The summed E-state index contributed by atoms with van der Waals surface area (Å²) in [7, 11) is 3.21. The highest BCUT2D eigenvalue weighted by molar-refractivity contribution is 5.94. The van der Waals surface area contributed by atoms with Crippen LogP contribution in [0, 0.1) is 0 Å². The summed E-state index contributed by atoms with van der Waals surface area (Å²) in [4.78, 5) is 16.8. The van der Waals surface area contributed by atoms with Crippen LogP contribution in [0.25, 0.3) is 22.3 Å². The van der Waals surface area contributed by atoms with Crippen molar-refractivity contribution in [3.63, 3.8) is 0 Å². The summed E-state index contributed by atoms with van der Waals surface area (Å²) in [6, 6.07) is 17.3. The maximum atomic E-state index is 14.0. The first-order chi connectivity index (χ1) is 16.4. The van der Waals surface area contributed by atoms with Crippen LogP contribution in [-0.4, -0.2) is 34.4 Å². The average molecular weight is 466 g/mol. The monoisotopic (exact) mass is 466 g/mol. The summed E-state index contributed by atoms with van der Waals surface area (Å²) >= 11 is 0. The van der Waals surface area contributed by atoms with Crippen LogP contribution in [0.2, 0.25) is 0 Å². The van der Waals surface area contributed by atoms with Crippen LogP contribution >= 0.6 is 0 Å². The van der Waals surface area contributed by atoms with Gasteiger partial charge in [-0.15, -0.1) is 0 Å². The molecule has 2 aromatic heterocycles. The lowest BCUT2D eigenvalue weighted by molar-refractivity contribution is -0.123. The van der Waals surface area contributed by atoms with Crippen molar-refractivity contribution < 1.29 is 23.0 Å². The third-order valence-electron chi connectivity index (χ3n) is 5.43. The van der Waals surface area contributed by atoms with Gasteiger partial charge < -0.3 is 14.8 Å². The van der Waals surface area contributed by atoms with Gasteiger partial charge in [0.15, 0.2) is 12.3 Å². The third kappa shape index (κ3) is 4.83. The van der Waals surface area contributed by atoms with Crippen LogP contribution in [0.3, 0.4) is 0 Å². The van der Waals surface area contributed by atoms with E-state index in [0.717, 1.165) is 5.56 Å². The van der Waals surface area contributed by atoms with E-state index in [-0.39, 0.29) is 35.1 Å². The largest absolute Gasteiger partial charge is 0.497 e. The Morgan fingerprint density at radius 1 is 1.12 bits per heavy atom. The topological polar surface area (TPSA) is 78.3 Å². The van der Waals surface area contributed by atoms with Crippen molar-refractivity contribution >= 4 is 16.9 Å². The molecule has 34 heavy (non-hydrogen) atoms. The lowest BCUT2D eigenvalue weighted by Gasteiger charge is -2.15. The summed E-state index contributed by atoms with van der Waals surface area (Å²) in [6.07, 6.45) is -2.77. The van der Waals surface area contributed by atoms with Crippen LogP contribution in [0.4, 0.5) is 8.78 Å². The number of nitrogens with zero attached hydrogens (tertiary/aromatic N) is 3. The molecule has 7 nitrogen and oxygen atoms in total. The molecule has 0 radical (unpaired) electrons. The van der Waals surface area contributed by atoms with E-state index in [1.54, 1.807) is 38.4 Å². The van der Waals surface area contributed by atoms with Crippen molar-refractivity contribution in [3.05, 3.63) is 71.8 Å². The molecule has 2 heterocycles. The van der Waals surface area contributed by atoms with E-state index in [9.17, 15) is 13.6 Å². The lowest BCUT2D eigenvalue weighted by Crippen LogP contribution is -2.31. The molecule has 0 aliphatic rings. The number of methoxy groups -OCH3 is 1. The number of carbonyl (C=O) groups excluding carboxylic acids is 1. The van der Waals surface area contributed by atoms with E-state index in [4.69, 9.17) is 9.47 Å². The molecule has 4 aromatic rings. The molecule has 1 amide bonds. The van der Waals surface area contributed by atoms with Gasteiger partial charge in [-0.25, -0.2) is 13.5 Å². The molecule has 0 aliphatic carbocycles. The maximum Gasteiger partial charge on any atom is 0.264 e. The van der Waals surface area contributed by atoms with Crippen molar-refractivity contribution in [1.82, 2.24) is 20.1 Å². The summed E-state index contributed by atoms with van der Waals surface area (Å²) in [6.45, 7) is 1.46. The molecular weight excluding hydrogens is 442 g/mol. The predicted molar refractivity (Wildman–Crippen MR) is 124 cm³/mol. The number of pyridine rings is 1. The number of hydrogen-bond donors (Lipinski definition) is 1. The second kappa shape index (κ2) is 9.86. The highest BCUT2D eigenvalue weighted by Gasteiger charge is 2.23. The number of fused-ring (bicyclic) bond motifs is 1. The number of amides is 1. The summed E-state index contributed by atoms with van der Waals surface area (Å²) in [5.41, 5.74) is 2.01. The number of aryl methyl sites for hydroxylation is 1. The van der Waals surface area contributed by atoms with Gasteiger partial charge in [0, 0.05) is 24.2 Å². The molecule has 0 fully saturated rings. The number of halogens is 2. The lowest BCUT2D eigenvalue weighted by atomic mass is 10.1. The molecule has 1 atom stereocenters. The molecule has 0 spiro atoms. The zero-order valence-corrected chi connectivity index (χ0v) is 19.0. The molecule has 0 saturated carbocycles. The average Bonchev–Trinajstić information content (AvgIpc) is 3.19. The molecule has 176 valence electrons. The van der Waals surface area contributed by atoms with Crippen LogP contribution in [0.1, 0.15) is 30.5 Å². The first-order valence-electron chi connectivity index (χ1n) is 10.6. The predicted octanol–water partition coefficient (Wildman–Crippen LogP) is 4.84. The number of nitrogens with one attached hydrogen (secondary N) is 1. The highest BCUT2D eigenvalue weighted by Crippen LogP contribution is 2.36. The number of aromatic nitrogens is 3. The van der Waals surface area contributed by atoms with E-state index in [1.165, 1.54) is 10.7 Å². The minimum Gasteiger partial charge on any atom is -0.497 e. The van der Waals surface area contributed by atoms with Crippen molar-refractivity contribution in [2.24, 2.45) is 7.05 Å². The Labute approximate surface area is 195 Å². The van der Waals surface area contributed by atoms with Crippen LogP contribution in [0.5, 0.6) is 11.6 Å². The van der Waals surface area contributed by atoms with E-state index in [0.29, 0.717) is 17.0 Å². The van der Waals surface area contributed by atoms with Crippen molar-refractivity contribution in [3.8, 4) is 22.9 Å². The number of alkyl halides is 2. The Hall–Kier alpha value is -4.01. The minimum atomic E-state index is -2.77. The van der Waals surface area contributed by atoms with E-state index >= 15 is 0 Å². The molecule has 0 aliphatic heterocycles. The van der Waals surface area contributed by atoms with Crippen molar-refractivity contribution in [2.45, 2.75) is 19.4 Å². The molecule has 4 rings (SSSR count). The summed E-state index contributed by atoms with van der Waals surface area (Å²) < 4.78 is 40.0. The first kappa shape index (κ1) is 23.2. The number of hydrogen-bond acceptors (Lipinski definition) is 5. The van der Waals surface area contributed by atoms with Gasteiger partial charge in [-0.3, -0.25) is 4.79 Å². The number of rotatable bonds is 8. The Morgan fingerprint density at radius 2 is 1.82 bits per heavy atom. The number of ether oxygens (including phenoxy) is 2. The van der Waals surface area contributed by atoms with Crippen LogP contribution < -0.4 is 14.8 Å². The van der Waals surface area contributed by atoms with Crippen LogP contribution in [-0.2, 0) is 11.8 Å². The van der Waals surface area contributed by atoms with Crippen molar-refractivity contribution in [1.29, 1.82) is 0 Å². The van der Waals surface area contributed by atoms with Gasteiger partial charge >= 0.3 is 0 Å². The Kier molecular flexibility index (Phi) is 6.72. The SMILES string of the molecule is COc1ccc([C@H](C)NC(=O)COc2cc(C(F)F)c3c(-c4ccccc4)nn(C)c3n2)cc1. The maximum absolute atomic E-state index is 14.0. The Bertz CT molecular complexity index is 1290. The molecular formula is C25H24F2N4O3. The molecule has 2 aromatic carbocycles. The second-order valence-electron chi connectivity index (χ2n) is 7.74. The number of carbonyl (C=O) groups is 1. The van der Waals surface area contributed by atoms with Crippen LogP contribution in [0.15, 0.2) is 60.7 Å². The van der Waals surface area contributed by atoms with Gasteiger partial charge in [0.25, 0.3) is 12.3 Å². The Balaban J connectivity index is 1.53. The van der Waals surface area contributed by atoms with E-state index < -0.39 is 12.3 Å². The molecule has 0 saturated heterocycles. The van der Waals surface area contributed by atoms with E-state index in [1.807, 2.05) is 37.3 Å². The van der Waals surface area contributed by atoms with Gasteiger partial charge in [0.1, 0.15) is 11.4 Å². The fraction of sp³-hybridized carbons (Fsp3) is 0.240. The van der Waals surface area contributed by atoms with Gasteiger partial charge in [-0.1, -0.05) is 42.5 Å².